The maximum absolute atomic E-state index is 12.8. The molecule has 1 heterocycles. The molecule has 1 saturated heterocycles. The van der Waals surface area contributed by atoms with Crippen molar-refractivity contribution in [3.05, 3.63) is 29.8 Å². The van der Waals surface area contributed by atoms with Gasteiger partial charge in [0.2, 0.25) is 10.0 Å². The molecule has 6 nitrogen and oxygen atoms in total. The van der Waals surface area contributed by atoms with E-state index >= 15 is 0 Å². The number of hydrogen-bond acceptors (Lipinski definition) is 3. The topological polar surface area (TPSA) is 73.8 Å². The van der Waals surface area contributed by atoms with Crippen LogP contribution in [0.4, 0.5) is 0 Å². The average Bonchev–Trinajstić information content (AvgIpc) is 2.64. The van der Waals surface area contributed by atoms with Gasteiger partial charge in [0.25, 0.3) is 0 Å². The number of nitrogens with zero attached hydrogens (tertiary/aromatic N) is 2. The molecule has 1 unspecified atom stereocenters. The first-order valence-corrected chi connectivity index (χ1v) is 10.5. The van der Waals surface area contributed by atoms with Crippen molar-refractivity contribution in [1.29, 1.82) is 0 Å². The van der Waals surface area contributed by atoms with E-state index in [1.165, 1.54) is 0 Å². The molecule has 1 aromatic rings. The highest BCUT2D eigenvalue weighted by molar-refractivity contribution is 14.0. The van der Waals surface area contributed by atoms with Gasteiger partial charge in [0.15, 0.2) is 5.96 Å². The predicted molar refractivity (Wildman–Crippen MR) is 121 cm³/mol. The molecule has 0 bridgehead atoms. The number of guanidine groups is 1. The van der Waals surface area contributed by atoms with Crippen molar-refractivity contribution in [3.63, 3.8) is 0 Å². The highest BCUT2D eigenvalue weighted by Crippen LogP contribution is 2.23. The summed E-state index contributed by atoms with van der Waals surface area (Å²) in [5.41, 5.74) is 0.939. The van der Waals surface area contributed by atoms with Crippen molar-refractivity contribution in [1.82, 2.24) is 14.9 Å². The molecule has 8 heteroatoms. The normalized spacial score (nSPS) is 18.3. The Labute approximate surface area is 180 Å². The third-order valence-corrected chi connectivity index (χ3v) is 6.18. The van der Waals surface area contributed by atoms with Gasteiger partial charge in [0, 0.05) is 19.6 Å². The van der Waals surface area contributed by atoms with Crippen molar-refractivity contribution < 1.29 is 8.42 Å². The average molecular weight is 504 g/mol. The molecule has 1 fully saturated rings. The molecule has 1 aliphatic heterocycles. The first-order chi connectivity index (χ1) is 12.5. The van der Waals surface area contributed by atoms with E-state index in [1.807, 2.05) is 19.1 Å². The quantitative estimate of drug-likeness (QED) is 0.270. The van der Waals surface area contributed by atoms with Crippen molar-refractivity contribution in [2.45, 2.75) is 38.1 Å². The first-order valence-electron chi connectivity index (χ1n) is 9.02. The van der Waals surface area contributed by atoms with Gasteiger partial charge in [-0.2, -0.15) is 4.31 Å². The molecule has 0 radical (unpaired) electrons. The van der Waals surface area contributed by atoms with Crippen LogP contribution in [0, 0.1) is 18.3 Å². The largest absolute Gasteiger partial charge is 0.357 e. The van der Waals surface area contributed by atoms with E-state index in [1.54, 1.807) is 16.4 Å². The maximum atomic E-state index is 12.8. The van der Waals surface area contributed by atoms with E-state index in [0.717, 1.165) is 24.9 Å². The van der Waals surface area contributed by atoms with Crippen molar-refractivity contribution >= 4 is 40.0 Å². The number of halogens is 1. The van der Waals surface area contributed by atoms with E-state index in [2.05, 4.69) is 28.5 Å². The molecular weight excluding hydrogens is 475 g/mol. The minimum absolute atomic E-state index is 0. The molecule has 2 rings (SSSR count). The van der Waals surface area contributed by atoms with Gasteiger partial charge in [0.1, 0.15) is 0 Å². The third-order valence-electron chi connectivity index (χ3n) is 4.30. The molecule has 1 aromatic carbocycles. The Hall–Kier alpha value is -1.31. The number of aliphatic imine (C=N–C) groups is 1. The number of sulfonamides is 1. The lowest BCUT2D eigenvalue weighted by atomic mass is 10.0. The fourth-order valence-corrected chi connectivity index (χ4v) is 4.53. The summed E-state index contributed by atoms with van der Waals surface area (Å²) in [5.74, 6) is 3.56. The second-order valence-corrected chi connectivity index (χ2v) is 8.45. The molecule has 0 aromatic heterocycles. The standard InChI is InChI=1S/C19H28N4O2S.HI/c1-4-12-21-19(20-5-2)22-14-17-8-10-18(11-9-17)26(24,25)23-13-6-7-16(3)15-23;/h1,8-11,16H,5-7,12-15H2,2-3H3,(H2,20,21,22);1H. The van der Waals surface area contributed by atoms with E-state index in [4.69, 9.17) is 6.42 Å². The van der Waals surface area contributed by atoms with Crippen LogP contribution in [-0.2, 0) is 16.6 Å². The van der Waals surface area contributed by atoms with Crippen LogP contribution in [0.15, 0.2) is 34.2 Å². The molecule has 1 atom stereocenters. The van der Waals surface area contributed by atoms with Crippen molar-refractivity contribution in [3.8, 4) is 12.3 Å². The molecule has 2 N–H and O–H groups in total. The summed E-state index contributed by atoms with van der Waals surface area (Å²) in [6, 6.07) is 6.96. The summed E-state index contributed by atoms with van der Waals surface area (Å²) in [6.07, 6.45) is 7.26. The van der Waals surface area contributed by atoms with Crippen LogP contribution in [0.3, 0.4) is 0 Å². The smallest absolute Gasteiger partial charge is 0.243 e. The fraction of sp³-hybridized carbons (Fsp3) is 0.526. The molecule has 150 valence electrons. The maximum Gasteiger partial charge on any atom is 0.243 e. The van der Waals surface area contributed by atoms with E-state index in [0.29, 0.717) is 43.0 Å². The summed E-state index contributed by atoms with van der Waals surface area (Å²) in [7, 11) is -3.41. The Morgan fingerprint density at radius 1 is 1.33 bits per heavy atom. The predicted octanol–water partition coefficient (Wildman–Crippen LogP) is 2.41. The zero-order chi connectivity index (χ0) is 19.0. The number of rotatable bonds is 6. The van der Waals surface area contributed by atoms with E-state index in [-0.39, 0.29) is 24.0 Å². The van der Waals surface area contributed by atoms with Crippen LogP contribution in [0.2, 0.25) is 0 Å². The van der Waals surface area contributed by atoms with Crippen LogP contribution in [0.1, 0.15) is 32.3 Å². The SMILES string of the molecule is C#CCNC(=NCc1ccc(S(=O)(=O)N2CCCC(C)C2)cc1)NCC.I. The van der Waals surface area contributed by atoms with Gasteiger partial charge in [-0.3, -0.25) is 0 Å². The fourth-order valence-electron chi connectivity index (χ4n) is 2.93. The number of piperidine rings is 1. The molecule has 0 amide bonds. The molecular formula is C19H29IN4O2S. The molecule has 0 aliphatic carbocycles. The second-order valence-electron chi connectivity index (χ2n) is 6.51. The Balaban J connectivity index is 0.00000364. The highest BCUT2D eigenvalue weighted by atomic mass is 127. The summed E-state index contributed by atoms with van der Waals surface area (Å²) in [6.45, 7) is 6.86. The summed E-state index contributed by atoms with van der Waals surface area (Å²) in [5, 5.41) is 6.13. The Morgan fingerprint density at radius 2 is 2.04 bits per heavy atom. The first kappa shape index (κ1) is 23.7. The number of hydrogen-bond donors (Lipinski definition) is 2. The molecule has 27 heavy (non-hydrogen) atoms. The summed E-state index contributed by atoms with van der Waals surface area (Å²) >= 11 is 0. The summed E-state index contributed by atoms with van der Waals surface area (Å²) in [4.78, 5) is 4.80. The van der Waals surface area contributed by atoms with Crippen LogP contribution in [-0.4, -0.2) is 44.9 Å². The van der Waals surface area contributed by atoms with Gasteiger partial charge in [0.05, 0.1) is 18.0 Å². The Bertz CT molecular complexity index is 757. The number of terminal acetylenes is 1. The third kappa shape index (κ3) is 6.97. The van der Waals surface area contributed by atoms with Gasteiger partial charge in [-0.1, -0.05) is 25.0 Å². The summed E-state index contributed by atoms with van der Waals surface area (Å²) < 4.78 is 27.1. The van der Waals surface area contributed by atoms with E-state index < -0.39 is 10.0 Å². The van der Waals surface area contributed by atoms with E-state index in [9.17, 15) is 8.42 Å². The Morgan fingerprint density at radius 3 is 2.63 bits per heavy atom. The van der Waals surface area contributed by atoms with Gasteiger partial charge in [-0.25, -0.2) is 13.4 Å². The number of benzene rings is 1. The van der Waals surface area contributed by atoms with Crippen molar-refractivity contribution in [2.24, 2.45) is 10.9 Å². The van der Waals surface area contributed by atoms with Crippen LogP contribution in [0.25, 0.3) is 0 Å². The van der Waals surface area contributed by atoms with Crippen LogP contribution in [0.5, 0.6) is 0 Å². The minimum Gasteiger partial charge on any atom is -0.357 e. The lowest BCUT2D eigenvalue weighted by molar-refractivity contribution is 0.281. The monoisotopic (exact) mass is 504 g/mol. The highest BCUT2D eigenvalue weighted by Gasteiger charge is 2.28. The lowest BCUT2D eigenvalue weighted by Gasteiger charge is -2.30. The Kier molecular flexibility index (Phi) is 10.1. The van der Waals surface area contributed by atoms with Gasteiger partial charge in [-0.05, 0) is 43.4 Å². The van der Waals surface area contributed by atoms with Crippen LogP contribution >= 0.6 is 24.0 Å². The molecule has 0 spiro atoms. The van der Waals surface area contributed by atoms with Gasteiger partial charge >= 0.3 is 0 Å². The van der Waals surface area contributed by atoms with Gasteiger partial charge in [-0.15, -0.1) is 30.4 Å². The molecule has 1 aliphatic rings. The zero-order valence-electron chi connectivity index (χ0n) is 15.9. The van der Waals surface area contributed by atoms with Crippen molar-refractivity contribution in [2.75, 3.05) is 26.2 Å². The zero-order valence-corrected chi connectivity index (χ0v) is 19.1. The lowest BCUT2D eigenvalue weighted by Crippen LogP contribution is -2.39. The number of nitrogens with one attached hydrogen (secondary N) is 2. The van der Waals surface area contributed by atoms with Crippen LogP contribution < -0.4 is 10.6 Å². The molecule has 0 saturated carbocycles. The minimum atomic E-state index is -3.41. The van der Waals surface area contributed by atoms with Gasteiger partial charge < -0.3 is 10.6 Å². The second kappa shape index (κ2) is 11.5.